The Kier molecular flexibility index (Phi) is 4.14. The molecule has 0 aliphatic carbocycles. The van der Waals surface area contributed by atoms with E-state index < -0.39 is 0 Å². The van der Waals surface area contributed by atoms with E-state index >= 15 is 0 Å². The number of nitrogens with one attached hydrogen (secondary N) is 1. The van der Waals surface area contributed by atoms with E-state index in [-0.39, 0.29) is 0 Å². The maximum atomic E-state index is 6.17. The van der Waals surface area contributed by atoms with Crippen LogP contribution in [0.15, 0.2) is 89.9 Å². The van der Waals surface area contributed by atoms with Crippen molar-refractivity contribution in [2.75, 3.05) is 0 Å². The third-order valence-electron chi connectivity index (χ3n) is 5.21. The molecule has 140 valence electrons. The Morgan fingerprint density at radius 1 is 0.966 bits per heavy atom. The molecule has 3 nitrogen and oxygen atoms in total. The number of nitrogens with zero attached hydrogens (tertiary/aromatic N) is 1. The fourth-order valence-electron chi connectivity index (χ4n) is 3.73. The number of aromatic amines is 1. The minimum Gasteiger partial charge on any atom is -0.434 e. The zero-order valence-electron chi connectivity index (χ0n) is 16.1. The largest absolute Gasteiger partial charge is 0.434 e. The summed E-state index contributed by atoms with van der Waals surface area (Å²) in [7, 11) is 0. The summed E-state index contributed by atoms with van der Waals surface area (Å²) in [6, 6.07) is 24.4. The number of aromatic nitrogens is 2. The molecule has 0 saturated carbocycles. The van der Waals surface area contributed by atoms with Crippen molar-refractivity contribution < 1.29 is 4.42 Å². The lowest BCUT2D eigenvalue weighted by Gasteiger charge is -2.03. The second-order valence-electron chi connectivity index (χ2n) is 7.05. The summed E-state index contributed by atoms with van der Waals surface area (Å²) >= 11 is 0. The van der Waals surface area contributed by atoms with Gasteiger partial charge in [0.05, 0.1) is 5.52 Å². The lowest BCUT2D eigenvalue weighted by atomic mass is 10.0. The molecule has 0 radical (unpaired) electrons. The van der Waals surface area contributed by atoms with Gasteiger partial charge in [0, 0.05) is 22.2 Å². The van der Waals surface area contributed by atoms with Crippen LogP contribution in [-0.2, 0) is 0 Å². The highest BCUT2D eigenvalue weighted by Crippen LogP contribution is 2.34. The highest BCUT2D eigenvalue weighted by atomic mass is 16.3. The summed E-state index contributed by atoms with van der Waals surface area (Å²) in [5.41, 5.74) is 8.01. The van der Waals surface area contributed by atoms with Crippen LogP contribution in [0.4, 0.5) is 0 Å². The molecule has 0 aliphatic rings. The van der Waals surface area contributed by atoms with Crippen molar-refractivity contribution in [3.63, 3.8) is 0 Å². The smallest absolute Gasteiger partial charge is 0.227 e. The third-order valence-corrected chi connectivity index (χ3v) is 5.21. The summed E-state index contributed by atoms with van der Waals surface area (Å²) < 4.78 is 6.17. The fraction of sp³-hybridized carbons (Fsp3) is 0.0385. The molecule has 3 aromatic carbocycles. The molecule has 5 aromatic rings. The maximum absolute atomic E-state index is 6.17. The predicted octanol–water partition coefficient (Wildman–Crippen LogP) is 7.01. The first-order valence-corrected chi connectivity index (χ1v) is 9.61. The van der Waals surface area contributed by atoms with Gasteiger partial charge in [-0.1, -0.05) is 61.2 Å². The highest BCUT2D eigenvalue weighted by molar-refractivity contribution is 6.07. The molecule has 1 N–H and O–H groups in total. The van der Waals surface area contributed by atoms with Crippen molar-refractivity contribution >= 4 is 33.7 Å². The van der Waals surface area contributed by atoms with Crippen molar-refractivity contribution in [2.45, 2.75) is 6.92 Å². The van der Waals surface area contributed by atoms with E-state index in [1.807, 2.05) is 60.7 Å². The van der Waals surface area contributed by atoms with E-state index in [0.717, 1.165) is 50.0 Å². The van der Waals surface area contributed by atoms with Crippen molar-refractivity contribution in [3.05, 3.63) is 102 Å². The molecular weight excluding hydrogens is 356 g/mol. The number of aryl methyl sites for hydroxylation is 1. The van der Waals surface area contributed by atoms with Crippen LogP contribution < -0.4 is 0 Å². The van der Waals surface area contributed by atoms with Gasteiger partial charge in [-0.2, -0.15) is 0 Å². The fourth-order valence-corrected chi connectivity index (χ4v) is 3.73. The van der Waals surface area contributed by atoms with Gasteiger partial charge in [-0.05, 0) is 48.4 Å². The Morgan fingerprint density at radius 2 is 1.69 bits per heavy atom. The monoisotopic (exact) mass is 376 g/mol. The first kappa shape index (κ1) is 17.3. The highest BCUT2D eigenvalue weighted by Gasteiger charge is 2.15. The summed E-state index contributed by atoms with van der Waals surface area (Å²) in [4.78, 5) is 8.18. The molecule has 0 atom stereocenters. The Hall–Kier alpha value is -3.85. The number of hydrogen-bond acceptors (Lipinski definition) is 2. The molecule has 3 heteroatoms. The van der Waals surface area contributed by atoms with Crippen molar-refractivity contribution in [3.8, 4) is 11.5 Å². The van der Waals surface area contributed by atoms with Gasteiger partial charge in [-0.25, -0.2) is 4.98 Å². The van der Waals surface area contributed by atoms with Gasteiger partial charge in [-0.15, -0.1) is 0 Å². The Morgan fingerprint density at radius 3 is 2.41 bits per heavy atom. The molecule has 29 heavy (non-hydrogen) atoms. The number of rotatable bonds is 4. The second kappa shape index (κ2) is 6.95. The summed E-state index contributed by atoms with van der Waals surface area (Å²) in [6.07, 6.45) is 4.07. The quantitative estimate of drug-likeness (QED) is 0.343. The maximum Gasteiger partial charge on any atom is 0.227 e. The third kappa shape index (κ3) is 2.97. The average Bonchev–Trinajstić information content (AvgIpc) is 3.34. The van der Waals surface area contributed by atoms with Gasteiger partial charge in [0.1, 0.15) is 5.52 Å². The molecule has 2 aromatic heterocycles. The Balaban J connectivity index is 1.69. The average molecular weight is 376 g/mol. The number of fused-ring (bicyclic) bond motifs is 3. The van der Waals surface area contributed by atoms with E-state index in [1.54, 1.807) is 0 Å². The standard InChI is InChI=1S/C26H20N2O/c1-3-18(19-10-6-4-7-11-19)16-22-17(2)27-24-21(22)14-15-23-25(24)29-26(28-23)20-12-8-5-9-13-20/h3-16,27H,1H2,2H3/b18-16+. The van der Waals surface area contributed by atoms with E-state index in [0.29, 0.717) is 5.89 Å². The topological polar surface area (TPSA) is 41.8 Å². The molecular formula is C26H20N2O. The van der Waals surface area contributed by atoms with Crippen LogP contribution in [0.25, 0.3) is 45.1 Å². The van der Waals surface area contributed by atoms with Gasteiger partial charge in [0.15, 0.2) is 5.58 Å². The van der Waals surface area contributed by atoms with Crippen LogP contribution >= 0.6 is 0 Å². The lowest BCUT2D eigenvalue weighted by Crippen LogP contribution is -1.82. The molecule has 0 saturated heterocycles. The molecule has 2 heterocycles. The Labute approximate surface area is 169 Å². The molecule has 0 unspecified atom stereocenters. The number of benzene rings is 3. The molecule has 0 spiro atoms. The van der Waals surface area contributed by atoms with E-state index in [4.69, 9.17) is 4.42 Å². The second-order valence-corrected chi connectivity index (χ2v) is 7.05. The van der Waals surface area contributed by atoms with Crippen molar-refractivity contribution in [1.82, 2.24) is 9.97 Å². The number of hydrogen-bond donors (Lipinski definition) is 1. The van der Waals surface area contributed by atoms with Crippen molar-refractivity contribution in [2.24, 2.45) is 0 Å². The molecule has 0 aliphatic heterocycles. The first-order chi connectivity index (χ1) is 14.2. The van der Waals surface area contributed by atoms with Gasteiger partial charge in [-0.3, -0.25) is 0 Å². The lowest BCUT2D eigenvalue weighted by molar-refractivity contribution is 0.622. The molecule has 0 amide bonds. The number of H-pyrrole nitrogens is 1. The van der Waals surface area contributed by atoms with E-state index in [2.05, 4.69) is 47.7 Å². The summed E-state index contributed by atoms with van der Waals surface area (Å²) in [5.74, 6) is 0.633. The molecule has 5 rings (SSSR count). The number of allylic oxidation sites excluding steroid dienone is 2. The first-order valence-electron chi connectivity index (χ1n) is 9.61. The van der Waals surface area contributed by atoms with Crippen LogP contribution in [0.3, 0.4) is 0 Å². The normalized spacial score (nSPS) is 12.0. The van der Waals surface area contributed by atoms with Gasteiger partial charge in [0.25, 0.3) is 0 Å². The minimum atomic E-state index is 0.633. The van der Waals surface area contributed by atoms with E-state index in [9.17, 15) is 0 Å². The van der Waals surface area contributed by atoms with Crippen LogP contribution in [0.1, 0.15) is 16.8 Å². The van der Waals surface area contributed by atoms with Gasteiger partial charge < -0.3 is 9.40 Å². The van der Waals surface area contributed by atoms with Crippen molar-refractivity contribution in [1.29, 1.82) is 0 Å². The molecule has 0 fully saturated rings. The van der Waals surface area contributed by atoms with Crippen LogP contribution in [0, 0.1) is 6.92 Å². The van der Waals surface area contributed by atoms with Gasteiger partial charge >= 0.3 is 0 Å². The number of oxazole rings is 1. The van der Waals surface area contributed by atoms with E-state index in [1.165, 1.54) is 0 Å². The Bertz CT molecular complexity index is 1360. The minimum absolute atomic E-state index is 0.633. The van der Waals surface area contributed by atoms with Crippen LogP contribution in [-0.4, -0.2) is 9.97 Å². The zero-order chi connectivity index (χ0) is 19.8. The summed E-state index contributed by atoms with van der Waals surface area (Å²) in [6.45, 7) is 6.09. The predicted molar refractivity (Wildman–Crippen MR) is 121 cm³/mol. The van der Waals surface area contributed by atoms with Crippen LogP contribution in [0.5, 0.6) is 0 Å². The summed E-state index contributed by atoms with van der Waals surface area (Å²) in [5, 5.41) is 1.11. The zero-order valence-corrected chi connectivity index (χ0v) is 16.1. The molecule has 0 bridgehead atoms. The van der Waals surface area contributed by atoms with Crippen LogP contribution in [0.2, 0.25) is 0 Å². The van der Waals surface area contributed by atoms with Gasteiger partial charge in [0.2, 0.25) is 5.89 Å². The SMILES string of the molecule is C=C/C(=C\c1c(C)[nH]c2c1ccc1nc(-c3ccccc3)oc12)c1ccccc1.